The number of likely N-dealkylation sites (N-methyl/N-ethyl adjacent to an activating group) is 1. The van der Waals surface area contributed by atoms with Gasteiger partial charge in [-0.05, 0) is 37.7 Å². The van der Waals surface area contributed by atoms with Gasteiger partial charge >= 0.3 is 0 Å². The van der Waals surface area contributed by atoms with E-state index < -0.39 is 0 Å². The first kappa shape index (κ1) is 14.1. The second-order valence-electron chi connectivity index (χ2n) is 6.04. The van der Waals surface area contributed by atoms with Gasteiger partial charge in [-0.15, -0.1) is 15.3 Å². The molecule has 4 heterocycles. The van der Waals surface area contributed by atoms with Gasteiger partial charge in [-0.2, -0.15) is 4.52 Å². The second-order valence-corrected chi connectivity index (χ2v) is 6.04. The molecule has 0 aliphatic carbocycles. The molecule has 23 heavy (non-hydrogen) atoms. The maximum Gasteiger partial charge on any atom is 0.178 e. The third kappa shape index (κ3) is 2.63. The van der Waals surface area contributed by atoms with Gasteiger partial charge in [0.1, 0.15) is 5.82 Å². The summed E-state index contributed by atoms with van der Waals surface area (Å²) in [5, 5.41) is 12.7. The van der Waals surface area contributed by atoms with Crippen molar-refractivity contribution in [2.75, 3.05) is 25.0 Å². The lowest BCUT2D eigenvalue weighted by Gasteiger charge is -2.44. The van der Waals surface area contributed by atoms with Crippen LogP contribution in [0.25, 0.3) is 5.65 Å². The topological polar surface area (TPSA) is 62.5 Å². The second kappa shape index (κ2) is 5.58. The zero-order chi connectivity index (χ0) is 15.8. The lowest BCUT2D eigenvalue weighted by Crippen LogP contribution is -2.58. The van der Waals surface area contributed by atoms with Crippen molar-refractivity contribution in [3.05, 3.63) is 48.0 Å². The highest BCUT2D eigenvalue weighted by molar-refractivity contribution is 5.47. The molecule has 0 N–H and O–H groups in total. The summed E-state index contributed by atoms with van der Waals surface area (Å²) < 4.78 is 1.79. The van der Waals surface area contributed by atoms with Crippen molar-refractivity contribution in [3.8, 4) is 0 Å². The van der Waals surface area contributed by atoms with Gasteiger partial charge in [-0.3, -0.25) is 9.88 Å². The zero-order valence-corrected chi connectivity index (χ0v) is 13.3. The van der Waals surface area contributed by atoms with Gasteiger partial charge in [0.05, 0.1) is 0 Å². The molecule has 3 aromatic rings. The summed E-state index contributed by atoms with van der Waals surface area (Å²) in [6, 6.07) is 8.62. The average molecular weight is 309 g/mol. The lowest BCUT2D eigenvalue weighted by atomic mass is 10.1. The number of nitrogens with zero attached hydrogens (tertiary/aromatic N) is 7. The van der Waals surface area contributed by atoms with Crippen LogP contribution in [0.3, 0.4) is 0 Å². The van der Waals surface area contributed by atoms with E-state index in [4.69, 9.17) is 0 Å². The Morgan fingerprint density at radius 3 is 2.87 bits per heavy atom. The summed E-state index contributed by atoms with van der Waals surface area (Å²) in [4.78, 5) is 8.83. The quantitative estimate of drug-likeness (QED) is 0.720. The Hall–Kier alpha value is -2.54. The number of pyridine rings is 1. The molecule has 0 aromatic carbocycles. The van der Waals surface area contributed by atoms with E-state index in [2.05, 4.69) is 43.2 Å². The van der Waals surface area contributed by atoms with Crippen molar-refractivity contribution < 1.29 is 0 Å². The lowest BCUT2D eigenvalue weighted by molar-refractivity contribution is 0.196. The predicted octanol–water partition coefficient (Wildman–Crippen LogP) is 1.15. The smallest absolute Gasteiger partial charge is 0.178 e. The number of aromatic nitrogens is 5. The van der Waals surface area contributed by atoms with Gasteiger partial charge in [0.25, 0.3) is 0 Å². The normalized spacial score (nSPS) is 15.3. The van der Waals surface area contributed by atoms with E-state index in [1.54, 1.807) is 4.52 Å². The maximum absolute atomic E-state index is 4.62. The SMILES string of the molecule is Cc1nnc2ccc(N3CC(N(C)Cc4cccnc4)C3)nn12. The number of anilines is 1. The molecule has 7 nitrogen and oxygen atoms in total. The van der Waals surface area contributed by atoms with Gasteiger partial charge in [0.2, 0.25) is 0 Å². The monoisotopic (exact) mass is 309 g/mol. The van der Waals surface area contributed by atoms with E-state index in [1.807, 2.05) is 37.5 Å². The summed E-state index contributed by atoms with van der Waals surface area (Å²) in [7, 11) is 2.16. The fourth-order valence-corrected chi connectivity index (χ4v) is 2.89. The van der Waals surface area contributed by atoms with Gasteiger partial charge in [-0.25, -0.2) is 0 Å². The summed E-state index contributed by atoms with van der Waals surface area (Å²) in [5.74, 6) is 1.79. The van der Waals surface area contributed by atoms with Crippen LogP contribution in [-0.2, 0) is 6.54 Å². The molecule has 1 aliphatic heterocycles. The first-order chi connectivity index (χ1) is 11.2. The maximum atomic E-state index is 4.62. The zero-order valence-electron chi connectivity index (χ0n) is 13.3. The van der Waals surface area contributed by atoms with Crippen molar-refractivity contribution in [1.82, 2.24) is 29.7 Å². The highest BCUT2D eigenvalue weighted by atomic mass is 15.4. The molecule has 7 heteroatoms. The van der Waals surface area contributed by atoms with Crippen molar-refractivity contribution >= 4 is 11.5 Å². The van der Waals surface area contributed by atoms with Crippen molar-refractivity contribution in [2.45, 2.75) is 19.5 Å². The van der Waals surface area contributed by atoms with Gasteiger partial charge < -0.3 is 4.90 Å². The predicted molar refractivity (Wildman–Crippen MR) is 87.2 cm³/mol. The van der Waals surface area contributed by atoms with Crippen LogP contribution in [0.15, 0.2) is 36.7 Å². The molecular formula is C16H19N7. The molecule has 3 aromatic heterocycles. The molecular weight excluding hydrogens is 290 g/mol. The molecule has 118 valence electrons. The Kier molecular flexibility index (Phi) is 3.42. The first-order valence-corrected chi connectivity index (χ1v) is 7.74. The van der Waals surface area contributed by atoms with Crippen LogP contribution >= 0.6 is 0 Å². The summed E-state index contributed by atoms with van der Waals surface area (Å²) in [6.45, 7) is 4.80. The minimum atomic E-state index is 0.537. The van der Waals surface area contributed by atoms with Crippen LogP contribution in [0.5, 0.6) is 0 Å². The Morgan fingerprint density at radius 1 is 1.22 bits per heavy atom. The van der Waals surface area contributed by atoms with E-state index in [0.717, 1.165) is 36.9 Å². The van der Waals surface area contributed by atoms with E-state index >= 15 is 0 Å². The van der Waals surface area contributed by atoms with E-state index in [-0.39, 0.29) is 0 Å². The molecule has 4 rings (SSSR count). The summed E-state index contributed by atoms with van der Waals surface area (Å²) in [6.07, 6.45) is 3.74. The Morgan fingerprint density at radius 2 is 2.09 bits per heavy atom. The minimum Gasteiger partial charge on any atom is -0.352 e. The Balaban J connectivity index is 1.41. The van der Waals surface area contributed by atoms with Crippen molar-refractivity contribution in [1.29, 1.82) is 0 Å². The van der Waals surface area contributed by atoms with Crippen molar-refractivity contribution in [3.63, 3.8) is 0 Å². The Bertz CT molecular complexity index is 808. The average Bonchev–Trinajstić information content (AvgIpc) is 2.88. The highest BCUT2D eigenvalue weighted by Gasteiger charge is 2.31. The summed E-state index contributed by atoms with van der Waals surface area (Å²) >= 11 is 0. The number of aryl methyl sites for hydroxylation is 1. The van der Waals surface area contributed by atoms with E-state index in [0.29, 0.717) is 6.04 Å². The molecule has 0 spiro atoms. The summed E-state index contributed by atoms with van der Waals surface area (Å²) in [5.41, 5.74) is 2.03. The van der Waals surface area contributed by atoms with Crippen LogP contribution < -0.4 is 4.90 Å². The first-order valence-electron chi connectivity index (χ1n) is 7.74. The van der Waals surface area contributed by atoms with E-state index in [1.165, 1.54) is 5.56 Å². The van der Waals surface area contributed by atoms with Gasteiger partial charge in [-0.1, -0.05) is 6.07 Å². The highest BCUT2D eigenvalue weighted by Crippen LogP contribution is 2.22. The van der Waals surface area contributed by atoms with Gasteiger partial charge in [0, 0.05) is 38.1 Å². The Labute approximate surface area is 134 Å². The molecule has 0 atom stereocenters. The molecule has 0 unspecified atom stereocenters. The van der Waals surface area contributed by atoms with Crippen molar-refractivity contribution in [2.24, 2.45) is 0 Å². The van der Waals surface area contributed by atoms with Crippen LogP contribution in [0.1, 0.15) is 11.4 Å². The third-order valence-electron chi connectivity index (χ3n) is 4.37. The van der Waals surface area contributed by atoms with Crippen LogP contribution in [0.2, 0.25) is 0 Å². The third-order valence-corrected chi connectivity index (χ3v) is 4.37. The number of hydrogen-bond acceptors (Lipinski definition) is 6. The van der Waals surface area contributed by atoms with Crippen LogP contribution in [0.4, 0.5) is 5.82 Å². The molecule has 1 saturated heterocycles. The molecule has 1 fully saturated rings. The number of rotatable bonds is 4. The largest absolute Gasteiger partial charge is 0.352 e. The molecule has 0 radical (unpaired) electrons. The minimum absolute atomic E-state index is 0.537. The molecule has 0 bridgehead atoms. The number of fused-ring (bicyclic) bond motifs is 1. The fourth-order valence-electron chi connectivity index (χ4n) is 2.89. The van der Waals surface area contributed by atoms with Crippen LogP contribution in [-0.4, -0.2) is 55.9 Å². The van der Waals surface area contributed by atoms with E-state index in [9.17, 15) is 0 Å². The number of hydrogen-bond donors (Lipinski definition) is 0. The van der Waals surface area contributed by atoms with Crippen LogP contribution in [0, 0.1) is 6.92 Å². The standard InChI is InChI=1S/C16H19N7/c1-12-18-19-15-5-6-16(20-23(12)15)22-10-14(11-22)21(2)9-13-4-3-7-17-8-13/h3-8,14H,9-11H2,1-2H3. The molecule has 1 aliphatic rings. The molecule has 0 saturated carbocycles. The van der Waals surface area contributed by atoms with Gasteiger partial charge in [0.15, 0.2) is 11.5 Å². The fraction of sp³-hybridized carbons (Fsp3) is 0.375. The molecule has 0 amide bonds.